The zero-order valence-electron chi connectivity index (χ0n) is 6.63. The molecule has 1 unspecified atom stereocenters. The number of allylic oxidation sites excluding steroid dienone is 2. The van der Waals surface area contributed by atoms with Gasteiger partial charge in [-0.3, -0.25) is 4.79 Å². The van der Waals surface area contributed by atoms with Gasteiger partial charge >= 0.3 is 0 Å². The number of hydrogen-bond acceptors (Lipinski definition) is 2. The van der Waals surface area contributed by atoms with Crippen LogP contribution in [0.15, 0.2) is 24.3 Å². The van der Waals surface area contributed by atoms with Crippen molar-refractivity contribution in [2.24, 2.45) is 0 Å². The first-order valence-electron chi connectivity index (χ1n) is 3.63. The van der Waals surface area contributed by atoms with Gasteiger partial charge in [-0.25, -0.2) is 0 Å². The van der Waals surface area contributed by atoms with Gasteiger partial charge in [0.05, 0.1) is 0 Å². The fourth-order valence-electron chi connectivity index (χ4n) is 1.23. The predicted octanol–water partition coefficient (Wildman–Crippen LogP) is 1.21. The molecule has 0 aromatic heterocycles. The van der Waals surface area contributed by atoms with Crippen molar-refractivity contribution in [1.82, 2.24) is 0 Å². The van der Waals surface area contributed by atoms with Crippen LogP contribution in [0.2, 0.25) is 0 Å². The molecule has 0 aliphatic heterocycles. The van der Waals surface area contributed by atoms with Crippen molar-refractivity contribution in [1.29, 1.82) is 0 Å². The van der Waals surface area contributed by atoms with Gasteiger partial charge in [0.2, 0.25) is 0 Å². The van der Waals surface area contributed by atoms with Crippen LogP contribution in [0.4, 0.5) is 0 Å². The van der Waals surface area contributed by atoms with E-state index in [0.717, 1.165) is 5.57 Å². The van der Waals surface area contributed by atoms with Crippen molar-refractivity contribution in [3.05, 3.63) is 24.3 Å². The summed E-state index contributed by atoms with van der Waals surface area (Å²) in [6.07, 6.45) is 4.43. The van der Waals surface area contributed by atoms with E-state index in [1.165, 1.54) is 6.92 Å². The van der Waals surface area contributed by atoms with Crippen LogP contribution in [0.5, 0.6) is 0 Å². The Balaban J connectivity index is 2.75. The first-order valence-corrected chi connectivity index (χ1v) is 3.63. The Morgan fingerprint density at radius 2 is 2.55 bits per heavy atom. The second-order valence-corrected chi connectivity index (χ2v) is 3.04. The van der Waals surface area contributed by atoms with Crippen LogP contribution < -0.4 is 0 Å². The second kappa shape index (κ2) is 2.62. The Morgan fingerprint density at radius 3 is 2.91 bits per heavy atom. The summed E-state index contributed by atoms with van der Waals surface area (Å²) in [7, 11) is 0. The maximum atomic E-state index is 11.0. The monoisotopic (exact) mass is 152 g/mol. The van der Waals surface area contributed by atoms with E-state index in [9.17, 15) is 9.90 Å². The summed E-state index contributed by atoms with van der Waals surface area (Å²) in [6.45, 7) is 5.08. The van der Waals surface area contributed by atoms with Crippen LogP contribution in [0, 0.1) is 0 Å². The van der Waals surface area contributed by atoms with Gasteiger partial charge in [-0.15, -0.1) is 6.58 Å². The molecule has 0 saturated heterocycles. The zero-order chi connectivity index (χ0) is 8.48. The molecule has 1 atom stereocenters. The van der Waals surface area contributed by atoms with E-state index in [4.69, 9.17) is 0 Å². The number of carbonyl (C=O) groups excluding carboxylic acids is 1. The molecule has 60 valence electrons. The lowest BCUT2D eigenvalue weighted by molar-refractivity contribution is -0.129. The Labute approximate surface area is 66.2 Å². The molecule has 11 heavy (non-hydrogen) atoms. The first-order chi connectivity index (χ1) is 5.06. The molecule has 0 heterocycles. The fourth-order valence-corrected chi connectivity index (χ4v) is 1.23. The average Bonchev–Trinajstić information content (AvgIpc) is 2.08. The molecule has 2 heteroatoms. The van der Waals surface area contributed by atoms with E-state index < -0.39 is 5.60 Å². The lowest BCUT2D eigenvalue weighted by atomic mass is 10.1. The number of hydrogen-bond donors (Lipinski definition) is 1. The third kappa shape index (κ3) is 1.57. The lowest BCUT2D eigenvalue weighted by Crippen LogP contribution is -2.27. The molecule has 1 rings (SSSR count). The Kier molecular flexibility index (Phi) is 1.96. The first kappa shape index (κ1) is 8.21. The highest BCUT2D eigenvalue weighted by molar-refractivity contribution is 5.93. The van der Waals surface area contributed by atoms with E-state index >= 15 is 0 Å². The standard InChI is InChI=1S/C9H12O2/c1-3-4-7-5-8(10)9(2,11)6-7/h3,6,11H,1,4-5H2,2H3. The molecule has 0 radical (unpaired) electrons. The van der Waals surface area contributed by atoms with Crippen LogP contribution in [-0.2, 0) is 4.79 Å². The Bertz CT molecular complexity index is 224. The summed E-state index contributed by atoms with van der Waals surface area (Å²) in [6, 6.07) is 0. The van der Waals surface area contributed by atoms with Crippen molar-refractivity contribution in [2.75, 3.05) is 0 Å². The molecular formula is C9H12O2. The van der Waals surface area contributed by atoms with Gasteiger partial charge in [-0.1, -0.05) is 11.6 Å². The molecule has 0 bridgehead atoms. The zero-order valence-corrected chi connectivity index (χ0v) is 6.63. The maximum absolute atomic E-state index is 11.0. The van der Waals surface area contributed by atoms with E-state index in [1.54, 1.807) is 12.2 Å². The van der Waals surface area contributed by atoms with Crippen LogP contribution >= 0.6 is 0 Å². The van der Waals surface area contributed by atoms with E-state index in [1.807, 2.05) is 0 Å². The van der Waals surface area contributed by atoms with Gasteiger partial charge in [0.25, 0.3) is 0 Å². The molecule has 0 fully saturated rings. The number of carbonyl (C=O) groups is 1. The van der Waals surface area contributed by atoms with Gasteiger partial charge < -0.3 is 5.11 Å². The largest absolute Gasteiger partial charge is 0.378 e. The minimum absolute atomic E-state index is 0.116. The summed E-state index contributed by atoms with van der Waals surface area (Å²) in [5, 5.41) is 9.40. The highest BCUT2D eigenvalue weighted by Crippen LogP contribution is 2.26. The van der Waals surface area contributed by atoms with Gasteiger partial charge in [0, 0.05) is 6.42 Å². The van der Waals surface area contributed by atoms with E-state index in [2.05, 4.69) is 6.58 Å². The third-order valence-electron chi connectivity index (χ3n) is 1.84. The Morgan fingerprint density at radius 1 is 1.91 bits per heavy atom. The lowest BCUT2D eigenvalue weighted by Gasteiger charge is -2.09. The molecule has 0 aromatic rings. The molecule has 2 nitrogen and oxygen atoms in total. The summed E-state index contributed by atoms with van der Waals surface area (Å²) >= 11 is 0. The smallest absolute Gasteiger partial charge is 0.172 e. The van der Waals surface area contributed by atoms with Gasteiger partial charge in [0.15, 0.2) is 5.78 Å². The predicted molar refractivity (Wildman–Crippen MR) is 43.1 cm³/mol. The van der Waals surface area contributed by atoms with Crippen LogP contribution in [0.1, 0.15) is 19.8 Å². The SMILES string of the molecule is C=CCC1=CC(C)(O)C(=O)C1. The van der Waals surface area contributed by atoms with Gasteiger partial charge in [-0.05, 0) is 19.4 Å². The summed E-state index contributed by atoms with van der Waals surface area (Å²) in [4.78, 5) is 11.0. The number of Topliss-reactive ketones (excluding diaryl/α,β-unsaturated/α-hetero) is 1. The molecule has 1 aliphatic rings. The molecule has 1 N–H and O–H groups in total. The number of ketones is 1. The minimum atomic E-state index is -1.22. The summed E-state index contributed by atoms with van der Waals surface area (Å²) < 4.78 is 0. The van der Waals surface area contributed by atoms with Gasteiger partial charge in [-0.2, -0.15) is 0 Å². The molecule has 0 saturated carbocycles. The van der Waals surface area contributed by atoms with Crippen molar-refractivity contribution >= 4 is 5.78 Å². The van der Waals surface area contributed by atoms with Crippen LogP contribution in [-0.4, -0.2) is 16.5 Å². The highest BCUT2D eigenvalue weighted by Gasteiger charge is 2.33. The summed E-state index contributed by atoms with van der Waals surface area (Å²) in [5.41, 5.74) is -0.256. The average molecular weight is 152 g/mol. The molecule has 0 spiro atoms. The maximum Gasteiger partial charge on any atom is 0.172 e. The minimum Gasteiger partial charge on any atom is -0.378 e. The Hall–Kier alpha value is -0.890. The highest BCUT2D eigenvalue weighted by atomic mass is 16.3. The molecule has 1 aliphatic carbocycles. The number of rotatable bonds is 2. The van der Waals surface area contributed by atoms with Crippen molar-refractivity contribution < 1.29 is 9.90 Å². The third-order valence-corrected chi connectivity index (χ3v) is 1.84. The van der Waals surface area contributed by atoms with E-state index in [0.29, 0.717) is 12.8 Å². The van der Waals surface area contributed by atoms with Crippen molar-refractivity contribution in [3.63, 3.8) is 0 Å². The summed E-state index contributed by atoms with van der Waals surface area (Å²) in [5.74, 6) is -0.116. The normalized spacial score (nSPS) is 30.4. The second-order valence-electron chi connectivity index (χ2n) is 3.04. The van der Waals surface area contributed by atoms with Crippen molar-refractivity contribution in [2.45, 2.75) is 25.4 Å². The number of aliphatic hydroxyl groups is 1. The van der Waals surface area contributed by atoms with Crippen LogP contribution in [0.25, 0.3) is 0 Å². The van der Waals surface area contributed by atoms with Crippen molar-refractivity contribution in [3.8, 4) is 0 Å². The van der Waals surface area contributed by atoms with Gasteiger partial charge in [0.1, 0.15) is 5.60 Å². The molecule has 0 amide bonds. The topological polar surface area (TPSA) is 37.3 Å². The fraction of sp³-hybridized carbons (Fsp3) is 0.444. The molecular weight excluding hydrogens is 140 g/mol. The molecule has 0 aromatic carbocycles. The quantitative estimate of drug-likeness (QED) is 0.604. The van der Waals surface area contributed by atoms with Crippen LogP contribution in [0.3, 0.4) is 0 Å². The van der Waals surface area contributed by atoms with E-state index in [-0.39, 0.29) is 5.78 Å².